The number of amides is 1. The lowest BCUT2D eigenvalue weighted by Crippen LogP contribution is -2.44. The van der Waals surface area contributed by atoms with Crippen LogP contribution in [0.4, 0.5) is 0 Å². The number of esters is 1. The Kier molecular flexibility index (Phi) is 5.56. The summed E-state index contributed by atoms with van der Waals surface area (Å²) in [5.74, 6) is -0.0652. The average molecular weight is 362 g/mol. The maximum atomic E-state index is 12.5. The summed E-state index contributed by atoms with van der Waals surface area (Å²) >= 11 is 0. The molecule has 0 aromatic heterocycles. The standard InChI is InChI=1S/C22H22N2O3/c1-15(2)21(25)24-13-3-4-20(24)22(26)27-19-11-9-18(10-12-19)17-7-5-16(14-23)6-8-17/h5-12,15,20H,3-4,13H2,1-2H3. The molecule has 0 saturated carbocycles. The van der Waals surface area contributed by atoms with Crippen molar-refractivity contribution in [3.05, 3.63) is 54.1 Å². The highest BCUT2D eigenvalue weighted by Gasteiger charge is 2.36. The lowest BCUT2D eigenvalue weighted by atomic mass is 10.0. The molecule has 2 aromatic rings. The van der Waals surface area contributed by atoms with E-state index >= 15 is 0 Å². The molecule has 1 fully saturated rings. The molecule has 1 heterocycles. The molecular weight excluding hydrogens is 340 g/mol. The number of likely N-dealkylation sites (tertiary alicyclic amines) is 1. The molecule has 1 saturated heterocycles. The Balaban J connectivity index is 1.68. The van der Waals surface area contributed by atoms with E-state index in [2.05, 4.69) is 6.07 Å². The number of nitriles is 1. The summed E-state index contributed by atoms with van der Waals surface area (Å²) in [7, 11) is 0. The summed E-state index contributed by atoms with van der Waals surface area (Å²) < 4.78 is 5.51. The molecule has 1 aliphatic heterocycles. The Morgan fingerprint density at radius 1 is 1.07 bits per heavy atom. The first-order chi connectivity index (χ1) is 13.0. The van der Waals surface area contributed by atoms with Crippen LogP contribution in [0, 0.1) is 17.2 Å². The van der Waals surface area contributed by atoms with E-state index in [4.69, 9.17) is 10.00 Å². The Labute approximate surface area is 159 Å². The molecule has 0 N–H and O–H groups in total. The van der Waals surface area contributed by atoms with Crippen molar-refractivity contribution in [2.45, 2.75) is 32.7 Å². The molecule has 5 nitrogen and oxygen atoms in total. The van der Waals surface area contributed by atoms with Crippen molar-refractivity contribution in [1.82, 2.24) is 4.90 Å². The predicted octanol–water partition coefficient (Wildman–Crippen LogP) is 3.78. The minimum atomic E-state index is -0.502. The van der Waals surface area contributed by atoms with Gasteiger partial charge in [0.05, 0.1) is 11.6 Å². The van der Waals surface area contributed by atoms with Crippen LogP contribution in [0.25, 0.3) is 11.1 Å². The number of benzene rings is 2. The lowest BCUT2D eigenvalue weighted by Gasteiger charge is -2.24. The molecule has 0 spiro atoms. The van der Waals surface area contributed by atoms with E-state index in [9.17, 15) is 9.59 Å². The molecule has 1 aliphatic rings. The fourth-order valence-corrected chi connectivity index (χ4v) is 3.24. The molecule has 0 aliphatic carbocycles. The molecule has 27 heavy (non-hydrogen) atoms. The van der Waals surface area contributed by atoms with E-state index in [0.717, 1.165) is 17.5 Å². The molecule has 3 rings (SSSR count). The molecule has 1 atom stereocenters. The van der Waals surface area contributed by atoms with E-state index in [-0.39, 0.29) is 17.8 Å². The fourth-order valence-electron chi connectivity index (χ4n) is 3.24. The van der Waals surface area contributed by atoms with Gasteiger partial charge in [-0.3, -0.25) is 4.79 Å². The maximum Gasteiger partial charge on any atom is 0.334 e. The number of hydrogen-bond acceptors (Lipinski definition) is 4. The van der Waals surface area contributed by atoms with Crippen molar-refractivity contribution in [2.75, 3.05) is 6.54 Å². The van der Waals surface area contributed by atoms with Gasteiger partial charge in [-0.2, -0.15) is 5.26 Å². The minimum Gasteiger partial charge on any atom is -0.425 e. The highest BCUT2D eigenvalue weighted by atomic mass is 16.5. The normalized spacial score (nSPS) is 16.2. The molecule has 1 unspecified atom stereocenters. The summed E-state index contributed by atoms with van der Waals surface area (Å²) in [5.41, 5.74) is 2.56. The number of nitrogens with zero attached hydrogens (tertiary/aromatic N) is 2. The zero-order chi connectivity index (χ0) is 19.4. The Morgan fingerprint density at radius 3 is 2.22 bits per heavy atom. The van der Waals surface area contributed by atoms with Gasteiger partial charge < -0.3 is 9.64 Å². The van der Waals surface area contributed by atoms with Crippen molar-refractivity contribution in [2.24, 2.45) is 5.92 Å². The molecule has 0 bridgehead atoms. The van der Waals surface area contributed by atoms with Crippen LogP contribution in [-0.4, -0.2) is 29.4 Å². The number of hydrogen-bond donors (Lipinski definition) is 0. The summed E-state index contributed by atoms with van der Waals surface area (Å²) in [6, 6.07) is 16.1. The second kappa shape index (κ2) is 8.05. The predicted molar refractivity (Wildman–Crippen MR) is 102 cm³/mol. The van der Waals surface area contributed by atoms with Gasteiger partial charge in [0.1, 0.15) is 11.8 Å². The van der Waals surface area contributed by atoms with E-state index in [0.29, 0.717) is 24.3 Å². The summed E-state index contributed by atoms with van der Waals surface area (Å²) in [4.78, 5) is 26.4. The number of ether oxygens (including phenoxy) is 1. The van der Waals surface area contributed by atoms with Gasteiger partial charge in [-0.1, -0.05) is 38.1 Å². The Morgan fingerprint density at radius 2 is 1.67 bits per heavy atom. The molecule has 0 radical (unpaired) electrons. The molecular formula is C22H22N2O3. The first kappa shape index (κ1) is 18.7. The van der Waals surface area contributed by atoms with Gasteiger partial charge in [-0.25, -0.2) is 4.79 Å². The first-order valence-electron chi connectivity index (χ1n) is 9.12. The van der Waals surface area contributed by atoms with Crippen LogP contribution in [0.5, 0.6) is 5.75 Å². The van der Waals surface area contributed by atoms with Gasteiger partial charge in [0.2, 0.25) is 5.91 Å². The van der Waals surface area contributed by atoms with Crippen LogP contribution in [-0.2, 0) is 9.59 Å². The third-order valence-corrected chi connectivity index (χ3v) is 4.72. The third-order valence-electron chi connectivity index (χ3n) is 4.72. The van der Waals surface area contributed by atoms with Crippen LogP contribution in [0.15, 0.2) is 48.5 Å². The smallest absolute Gasteiger partial charge is 0.334 e. The van der Waals surface area contributed by atoms with Crippen LogP contribution in [0.1, 0.15) is 32.3 Å². The minimum absolute atomic E-state index is 0.00869. The van der Waals surface area contributed by atoms with Gasteiger partial charge in [0.25, 0.3) is 0 Å². The van der Waals surface area contributed by atoms with Crippen molar-refractivity contribution in [1.29, 1.82) is 5.26 Å². The van der Waals surface area contributed by atoms with Crippen molar-refractivity contribution < 1.29 is 14.3 Å². The van der Waals surface area contributed by atoms with Crippen LogP contribution in [0.3, 0.4) is 0 Å². The first-order valence-corrected chi connectivity index (χ1v) is 9.12. The Bertz CT molecular complexity index is 864. The topological polar surface area (TPSA) is 70.4 Å². The van der Waals surface area contributed by atoms with Crippen molar-refractivity contribution >= 4 is 11.9 Å². The van der Waals surface area contributed by atoms with Crippen LogP contribution in [0.2, 0.25) is 0 Å². The molecule has 1 amide bonds. The van der Waals surface area contributed by atoms with Gasteiger partial charge in [0, 0.05) is 12.5 Å². The van der Waals surface area contributed by atoms with Crippen LogP contribution < -0.4 is 4.74 Å². The lowest BCUT2D eigenvalue weighted by molar-refractivity contribution is -0.147. The van der Waals surface area contributed by atoms with Gasteiger partial charge in [-0.05, 0) is 48.2 Å². The van der Waals surface area contributed by atoms with E-state index in [1.807, 2.05) is 38.1 Å². The maximum absolute atomic E-state index is 12.5. The van der Waals surface area contributed by atoms with E-state index < -0.39 is 6.04 Å². The van der Waals surface area contributed by atoms with Crippen molar-refractivity contribution in [3.63, 3.8) is 0 Å². The molecule has 138 valence electrons. The van der Waals surface area contributed by atoms with E-state index in [1.54, 1.807) is 29.2 Å². The van der Waals surface area contributed by atoms with E-state index in [1.165, 1.54) is 0 Å². The average Bonchev–Trinajstić information content (AvgIpc) is 3.18. The summed E-state index contributed by atoms with van der Waals surface area (Å²) in [6.07, 6.45) is 1.45. The highest BCUT2D eigenvalue weighted by Crippen LogP contribution is 2.25. The third kappa shape index (κ3) is 4.17. The zero-order valence-corrected chi connectivity index (χ0v) is 15.5. The summed E-state index contributed by atoms with van der Waals surface area (Å²) in [5, 5.41) is 8.87. The monoisotopic (exact) mass is 362 g/mol. The van der Waals surface area contributed by atoms with Gasteiger partial charge >= 0.3 is 5.97 Å². The van der Waals surface area contributed by atoms with Crippen molar-refractivity contribution in [3.8, 4) is 22.9 Å². The number of carbonyl (C=O) groups excluding carboxylic acids is 2. The second-order valence-electron chi connectivity index (χ2n) is 6.98. The van der Waals surface area contributed by atoms with Crippen LogP contribution >= 0.6 is 0 Å². The highest BCUT2D eigenvalue weighted by molar-refractivity contribution is 5.87. The quantitative estimate of drug-likeness (QED) is 0.613. The largest absolute Gasteiger partial charge is 0.425 e. The molecule has 2 aromatic carbocycles. The molecule has 5 heteroatoms. The SMILES string of the molecule is CC(C)C(=O)N1CCCC1C(=O)Oc1ccc(-c2ccc(C#N)cc2)cc1. The number of carbonyl (C=O) groups is 2. The van der Waals surface area contributed by atoms with Gasteiger partial charge in [-0.15, -0.1) is 0 Å². The van der Waals surface area contributed by atoms with Gasteiger partial charge in [0.15, 0.2) is 0 Å². The second-order valence-corrected chi connectivity index (χ2v) is 6.98. The Hall–Kier alpha value is -3.13. The summed E-state index contributed by atoms with van der Waals surface area (Å²) in [6.45, 7) is 4.28. The number of rotatable bonds is 4. The fraction of sp³-hybridized carbons (Fsp3) is 0.318. The zero-order valence-electron chi connectivity index (χ0n) is 15.5.